The predicted octanol–water partition coefficient (Wildman–Crippen LogP) is 3.37. The zero-order valence-corrected chi connectivity index (χ0v) is 9.29. The molecule has 0 aromatic heterocycles. The maximum Gasteiger partial charge on any atom is 0.396 e. The molecule has 1 rings (SSSR count). The van der Waals surface area contributed by atoms with Gasteiger partial charge in [-0.05, 0) is 17.5 Å². The quantitative estimate of drug-likeness (QED) is 0.884. The average molecular weight is 246 g/mol. The van der Waals surface area contributed by atoms with E-state index in [1.54, 1.807) is 19.1 Å². The first-order chi connectivity index (χ1) is 7.86. The lowest BCUT2D eigenvalue weighted by Gasteiger charge is -2.21. The third-order valence-electron chi connectivity index (χ3n) is 2.59. The number of carboxylic acid groups (broad SMARTS) is 1. The number of rotatable bonds is 4. The van der Waals surface area contributed by atoms with Crippen LogP contribution in [0.5, 0.6) is 0 Å². The normalized spacial score (nSPS) is 13.4. The Morgan fingerprint density at radius 2 is 1.94 bits per heavy atom. The zero-order valence-electron chi connectivity index (χ0n) is 9.29. The number of carbonyl (C=O) groups is 1. The highest BCUT2D eigenvalue weighted by Crippen LogP contribution is 2.38. The third-order valence-corrected chi connectivity index (χ3v) is 2.59. The molecule has 5 heteroatoms. The van der Waals surface area contributed by atoms with Gasteiger partial charge in [-0.15, -0.1) is 0 Å². The lowest BCUT2D eigenvalue weighted by Crippen LogP contribution is -2.24. The van der Waals surface area contributed by atoms with Crippen molar-refractivity contribution in [3.63, 3.8) is 0 Å². The minimum Gasteiger partial charge on any atom is -0.481 e. The van der Waals surface area contributed by atoms with E-state index in [9.17, 15) is 18.0 Å². The molecule has 0 aliphatic rings. The topological polar surface area (TPSA) is 37.3 Å². The van der Waals surface area contributed by atoms with Gasteiger partial charge < -0.3 is 5.11 Å². The van der Waals surface area contributed by atoms with Crippen LogP contribution in [0.2, 0.25) is 0 Å². The highest BCUT2D eigenvalue weighted by atomic mass is 19.4. The zero-order chi connectivity index (χ0) is 13.1. The molecule has 0 aliphatic heterocycles. The van der Waals surface area contributed by atoms with Crippen molar-refractivity contribution in [1.82, 2.24) is 0 Å². The van der Waals surface area contributed by atoms with Crippen LogP contribution in [0.1, 0.15) is 30.4 Å². The van der Waals surface area contributed by atoms with Crippen molar-refractivity contribution >= 4 is 5.97 Å². The fourth-order valence-electron chi connectivity index (χ4n) is 1.77. The summed E-state index contributed by atoms with van der Waals surface area (Å²) < 4.78 is 38.5. The SMILES string of the molecule is CCc1ccccc1C(CC(=O)O)C(F)(F)F. The number of hydrogen-bond acceptors (Lipinski definition) is 1. The number of halogens is 3. The Morgan fingerprint density at radius 1 is 1.35 bits per heavy atom. The van der Waals surface area contributed by atoms with Gasteiger partial charge in [0.15, 0.2) is 0 Å². The van der Waals surface area contributed by atoms with Crippen molar-refractivity contribution in [3.8, 4) is 0 Å². The monoisotopic (exact) mass is 246 g/mol. The Bertz CT molecular complexity index is 399. The summed E-state index contributed by atoms with van der Waals surface area (Å²) in [6.45, 7) is 1.74. The summed E-state index contributed by atoms with van der Waals surface area (Å²) in [5.74, 6) is -3.38. The molecule has 0 saturated heterocycles. The molecule has 1 atom stereocenters. The van der Waals surface area contributed by atoms with E-state index in [0.29, 0.717) is 12.0 Å². The molecule has 17 heavy (non-hydrogen) atoms. The number of hydrogen-bond donors (Lipinski definition) is 1. The third kappa shape index (κ3) is 3.47. The van der Waals surface area contributed by atoms with Crippen LogP contribution in [-0.2, 0) is 11.2 Å². The van der Waals surface area contributed by atoms with Crippen molar-refractivity contribution in [2.24, 2.45) is 0 Å². The number of aryl methyl sites for hydroxylation is 1. The van der Waals surface area contributed by atoms with E-state index in [2.05, 4.69) is 0 Å². The first kappa shape index (κ1) is 13.5. The number of carboxylic acids is 1. The van der Waals surface area contributed by atoms with Gasteiger partial charge in [-0.1, -0.05) is 31.2 Å². The van der Waals surface area contributed by atoms with Gasteiger partial charge in [-0.25, -0.2) is 0 Å². The fraction of sp³-hybridized carbons (Fsp3) is 0.417. The van der Waals surface area contributed by atoms with Gasteiger partial charge in [0, 0.05) is 0 Å². The molecule has 0 fully saturated rings. The van der Waals surface area contributed by atoms with Crippen LogP contribution in [0.3, 0.4) is 0 Å². The van der Waals surface area contributed by atoms with E-state index in [1.165, 1.54) is 12.1 Å². The van der Waals surface area contributed by atoms with Gasteiger partial charge in [-0.2, -0.15) is 13.2 Å². The number of benzene rings is 1. The van der Waals surface area contributed by atoms with E-state index in [0.717, 1.165) is 0 Å². The minimum absolute atomic E-state index is 0.0601. The molecule has 0 amide bonds. The van der Waals surface area contributed by atoms with Crippen molar-refractivity contribution in [2.45, 2.75) is 31.9 Å². The second-order valence-electron chi connectivity index (χ2n) is 3.74. The molecule has 2 nitrogen and oxygen atoms in total. The Kier molecular flexibility index (Phi) is 4.15. The van der Waals surface area contributed by atoms with Gasteiger partial charge in [0.05, 0.1) is 12.3 Å². The van der Waals surface area contributed by atoms with E-state index in [4.69, 9.17) is 5.11 Å². The Hall–Kier alpha value is -1.52. The van der Waals surface area contributed by atoms with Gasteiger partial charge >= 0.3 is 12.1 Å². The van der Waals surface area contributed by atoms with Crippen LogP contribution in [0.15, 0.2) is 24.3 Å². The van der Waals surface area contributed by atoms with Gasteiger partial charge in [0.1, 0.15) is 0 Å². The molecule has 0 heterocycles. The lowest BCUT2D eigenvalue weighted by atomic mass is 9.90. The first-order valence-corrected chi connectivity index (χ1v) is 5.22. The Morgan fingerprint density at radius 3 is 2.41 bits per heavy atom. The van der Waals surface area contributed by atoms with Crippen LogP contribution >= 0.6 is 0 Å². The maximum atomic E-state index is 12.8. The Labute approximate surface area is 97.1 Å². The van der Waals surface area contributed by atoms with Crippen molar-refractivity contribution in [1.29, 1.82) is 0 Å². The smallest absolute Gasteiger partial charge is 0.396 e. The Balaban J connectivity index is 3.17. The van der Waals surface area contributed by atoms with E-state index in [1.807, 2.05) is 0 Å². The average Bonchev–Trinajstić information content (AvgIpc) is 2.24. The summed E-state index contributed by atoms with van der Waals surface area (Å²) in [5, 5.41) is 8.57. The summed E-state index contributed by atoms with van der Waals surface area (Å²) in [7, 11) is 0. The van der Waals surface area contributed by atoms with Crippen LogP contribution in [0, 0.1) is 0 Å². The largest absolute Gasteiger partial charge is 0.481 e. The second-order valence-corrected chi connectivity index (χ2v) is 3.74. The van der Waals surface area contributed by atoms with Crippen molar-refractivity contribution in [3.05, 3.63) is 35.4 Å². The van der Waals surface area contributed by atoms with Crippen LogP contribution in [-0.4, -0.2) is 17.3 Å². The molecule has 0 saturated carbocycles. The summed E-state index contributed by atoms with van der Waals surface area (Å²) in [6.07, 6.45) is -5.02. The number of alkyl halides is 3. The molecule has 0 spiro atoms. The second kappa shape index (κ2) is 5.21. The van der Waals surface area contributed by atoms with Gasteiger partial charge in [0.25, 0.3) is 0 Å². The molecular formula is C12H13F3O2. The standard InChI is InChI=1S/C12H13F3O2/c1-2-8-5-3-4-6-9(8)10(7-11(16)17)12(13,14)15/h3-6,10H,2,7H2,1H3,(H,16,17). The van der Waals surface area contributed by atoms with Crippen LogP contribution in [0.4, 0.5) is 13.2 Å². The predicted molar refractivity (Wildman–Crippen MR) is 56.9 cm³/mol. The van der Waals surface area contributed by atoms with E-state index >= 15 is 0 Å². The van der Waals surface area contributed by atoms with Crippen molar-refractivity contribution in [2.75, 3.05) is 0 Å². The molecule has 1 N–H and O–H groups in total. The van der Waals surface area contributed by atoms with Gasteiger partial charge in [-0.3, -0.25) is 4.79 Å². The lowest BCUT2D eigenvalue weighted by molar-refractivity contribution is -0.163. The fourth-order valence-corrected chi connectivity index (χ4v) is 1.77. The summed E-state index contributed by atoms with van der Waals surface area (Å²) >= 11 is 0. The molecule has 1 aromatic carbocycles. The molecular weight excluding hydrogens is 233 g/mol. The van der Waals surface area contributed by atoms with E-state index in [-0.39, 0.29) is 5.56 Å². The molecule has 0 bridgehead atoms. The number of aliphatic carboxylic acids is 1. The van der Waals surface area contributed by atoms with Crippen LogP contribution in [0.25, 0.3) is 0 Å². The summed E-state index contributed by atoms with van der Waals surface area (Å²) in [5.41, 5.74) is 0.598. The van der Waals surface area contributed by atoms with E-state index < -0.39 is 24.5 Å². The molecule has 1 aromatic rings. The van der Waals surface area contributed by atoms with Crippen LogP contribution < -0.4 is 0 Å². The molecule has 94 valence electrons. The highest BCUT2D eigenvalue weighted by molar-refractivity contribution is 5.68. The minimum atomic E-state index is -4.54. The van der Waals surface area contributed by atoms with Gasteiger partial charge in [0.2, 0.25) is 0 Å². The maximum absolute atomic E-state index is 12.8. The highest BCUT2D eigenvalue weighted by Gasteiger charge is 2.42. The summed E-state index contributed by atoms with van der Waals surface area (Å²) in [4.78, 5) is 10.5. The van der Waals surface area contributed by atoms with Crippen molar-refractivity contribution < 1.29 is 23.1 Å². The molecule has 0 radical (unpaired) electrons. The molecule has 1 unspecified atom stereocenters. The molecule has 0 aliphatic carbocycles. The first-order valence-electron chi connectivity index (χ1n) is 5.22. The summed E-state index contributed by atoms with van der Waals surface area (Å²) in [6, 6.07) is 6.08.